The summed E-state index contributed by atoms with van der Waals surface area (Å²) in [5.74, 6) is 0. The molecule has 0 radical (unpaired) electrons. The van der Waals surface area contributed by atoms with E-state index in [0.717, 1.165) is 26.9 Å². The maximum absolute atomic E-state index is 5.24. The Morgan fingerprint density at radius 1 is 1.73 bits per heavy atom. The van der Waals surface area contributed by atoms with Crippen LogP contribution < -0.4 is 0 Å². The summed E-state index contributed by atoms with van der Waals surface area (Å²) in [5.41, 5.74) is 1.12. The maximum atomic E-state index is 5.24. The van der Waals surface area contributed by atoms with Gasteiger partial charge in [-0.05, 0) is 22.4 Å². The monoisotopic (exact) mass is 231 g/mol. The Hall–Kier alpha value is -0.350. The minimum Gasteiger partial charge on any atom is -0.451 e. The summed E-state index contributed by atoms with van der Waals surface area (Å²) in [6, 6.07) is 0. The topological polar surface area (TPSA) is 26.0 Å². The molecule has 0 aromatic carbocycles. The predicted molar refractivity (Wildman–Crippen MR) is 49.0 cm³/mol. The van der Waals surface area contributed by atoms with Gasteiger partial charge in [-0.2, -0.15) is 4.37 Å². The summed E-state index contributed by atoms with van der Waals surface area (Å²) >= 11 is 4.82. The van der Waals surface area contributed by atoms with Crippen LogP contribution in [0.2, 0.25) is 0 Å². The van der Waals surface area contributed by atoms with E-state index < -0.39 is 0 Å². The third kappa shape index (κ3) is 1.01. The van der Waals surface area contributed by atoms with Crippen LogP contribution in [0.4, 0.5) is 0 Å². The van der Waals surface area contributed by atoms with Gasteiger partial charge in [0.1, 0.15) is 6.26 Å². The van der Waals surface area contributed by atoms with Gasteiger partial charge < -0.3 is 4.42 Å². The molecule has 2 rings (SSSR count). The molecule has 0 saturated carbocycles. The SMILES string of the molecule is CCc1nsc2occ(Br)c12. The van der Waals surface area contributed by atoms with Gasteiger partial charge in [0.05, 0.1) is 15.6 Å². The van der Waals surface area contributed by atoms with Crippen LogP contribution in [0.1, 0.15) is 12.6 Å². The first-order valence-corrected chi connectivity index (χ1v) is 4.90. The molecule has 2 aromatic rings. The number of furan rings is 1. The van der Waals surface area contributed by atoms with Crippen molar-refractivity contribution in [3.05, 3.63) is 16.4 Å². The second-order valence-electron chi connectivity index (χ2n) is 2.23. The van der Waals surface area contributed by atoms with E-state index in [1.807, 2.05) is 0 Å². The molecule has 11 heavy (non-hydrogen) atoms. The highest BCUT2D eigenvalue weighted by Crippen LogP contribution is 2.31. The quantitative estimate of drug-likeness (QED) is 0.754. The van der Waals surface area contributed by atoms with Crippen molar-refractivity contribution < 1.29 is 4.42 Å². The van der Waals surface area contributed by atoms with Gasteiger partial charge in [0.25, 0.3) is 0 Å². The number of hydrogen-bond acceptors (Lipinski definition) is 3. The fourth-order valence-corrected chi connectivity index (χ4v) is 2.48. The van der Waals surface area contributed by atoms with E-state index in [4.69, 9.17) is 4.42 Å². The number of nitrogens with zero attached hydrogens (tertiary/aromatic N) is 1. The van der Waals surface area contributed by atoms with E-state index in [1.54, 1.807) is 6.26 Å². The Kier molecular flexibility index (Phi) is 1.73. The van der Waals surface area contributed by atoms with Crippen molar-refractivity contribution in [1.82, 2.24) is 4.37 Å². The molecule has 0 bridgehead atoms. The molecule has 2 nitrogen and oxygen atoms in total. The molecular formula is C7H6BrNOS. The van der Waals surface area contributed by atoms with Crippen molar-refractivity contribution in [3.8, 4) is 0 Å². The van der Waals surface area contributed by atoms with Gasteiger partial charge in [-0.1, -0.05) is 6.92 Å². The van der Waals surface area contributed by atoms with E-state index in [0.29, 0.717) is 0 Å². The molecule has 0 unspecified atom stereocenters. The molecule has 58 valence electrons. The summed E-state index contributed by atoms with van der Waals surface area (Å²) < 4.78 is 10.5. The molecule has 0 fully saturated rings. The molecule has 0 saturated heterocycles. The van der Waals surface area contributed by atoms with Gasteiger partial charge in [-0.3, -0.25) is 0 Å². The number of aryl methyl sites for hydroxylation is 1. The lowest BCUT2D eigenvalue weighted by Gasteiger charge is -1.85. The molecule has 0 atom stereocenters. The Morgan fingerprint density at radius 2 is 2.55 bits per heavy atom. The van der Waals surface area contributed by atoms with Gasteiger partial charge in [0.15, 0.2) is 0 Å². The van der Waals surface area contributed by atoms with Crippen molar-refractivity contribution in [3.63, 3.8) is 0 Å². The third-order valence-corrected chi connectivity index (χ3v) is 2.94. The number of hydrogen-bond donors (Lipinski definition) is 0. The van der Waals surface area contributed by atoms with Crippen molar-refractivity contribution in [1.29, 1.82) is 0 Å². The van der Waals surface area contributed by atoms with Gasteiger partial charge in [-0.25, -0.2) is 0 Å². The van der Waals surface area contributed by atoms with Crippen LogP contribution in [0.3, 0.4) is 0 Å². The highest BCUT2D eigenvalue weighted by molar-refractivity contribution is 9.10. The maximum Gasteiger partial charge on any atom is 0.207 e. The molecule has 2 aromatic heterocycles. The van der Waals surface area contributed by atoms with E-state index in [2.05, 4.69) is 27.2 Å². The molecule has 0 spiro atoms. The minimum absolute atomic E-state index is 0.911. The fraction of sp³-hybridized carbons (Fsp3) is 0.286. The van der Waals surface area contributed by atoms with Crippen LogP contribution in [-0.4, -0.2) is 4.37 Å². The van der Waals surface area contributed by atoms with E-state index in [9.17, 15) is 0 Å². The fourth-order valence-electron chi connectivity index (χ4n) is 1.03. The predicted octanol–water partition coefficient (Wildman–Crippen LogP) is 3.21. The largest absolute Gasteiger partial charge is 0.451 e. The first-order chi connectivity index (χ1) is 5.33. The minimum atomic E-state index is 0.911. The number of fused-ring (bicyclic) bond motifs is 1. The average Bonchev–Trinajstić information content (AvgIpc) is 2.54. The van der Waals surface area contributed by atoms with Crippen LogP contribution in [0, 0.1) is 0 Å². The van der Waals surface area contributed by atoms with E-state index in [-0.39, 0.29) is 0 Å². The Bertz CT molecular complexity index is 379. The Morgan fingerprint density at radius 3 is 3.27 bits per heavy atom. The first kappa shape index (κ1) is 7.31. The van der Waals surface area contributed by atoms with Crippen LogP contribution in [0.5, 0.6) is 0 Å². The van der Waals surface area contributed by atoms with Crippen LogP contribution in [0.15, 0.2) is 15.2 Å². The Balaban J connectivity index is 2.80. The van der Waals surface area contributed by atoms with E-state index >= 15 is 0 Å². The van der Waals surface area contributed by atoms with Gasteiger partial charge >= 0.3 is 0 Å². The average molecular weight is 232 g/mol. The molecule has 2 heterocycles. The van der Waals surface area contributed by atoms with Crippen LogP contribution >= 0.6 is 27.5 Å². The molecule has 4 heteroatoms. The smallest absolute Gasteiger partial charge is 0.207 e. The summed E-state index contributed by atoms with van der Waals surface area (Å²) in [6.45, 7) is 2.09. The highest BCUT2D eigenvalue weighted by atomic mass is 79.9. The lowest BCUT2D eigenvalue weighted by Crippen LogP contribution is -1.76. The van der Waals surface area contributed by atoms with E-state index in [1.165, 1.54) is 11.5 Å². The zero-order chi connectivity index (χ0) is 7.84. The number of halogens is 1. The highest BCUT2D eigenvalue weighted by Gasteiger charge is 2.10. The molecule has 0 aliphatic rings. The van der Waals surface area contributed by atoms with Crippen molar-refractivity contribution in [2.24, 2.45) is 0 Å². The number of rotatable bonds is 1. The van der Waals surface area contributed by atoms with Gasteiger partial charge in [0.2, 0.25) is 4.90 Å². The number of aromatic nitrogens is 1. The standard InChI is InChI=1S/C7H6BrNOS/c1-2-5-6-4(8)3-10-7(6)11-9-5/h3H,2H2,1H3. The summed E-state index contributed by atoms with van der Waals surface area (Å²) in [7, 11) is 0. The zero-order valence-electron chi connectivity index (χ0n) is 5.93. The van der Waals surface area contributed by atoms with Gasteiger partial charge in [0, 0.05) is 11.5 Å². The van der Waals surface area contributed by atoms with Crippen LogP contribution in [-0.2, 0) is 6.42 Å². The zero-order valence-corrected chi connectivity index (χ0v) is 8.33. The van der Waals surface area contributed by atoms with Gasteiger partial charge in [-0.15, -0.1) is 0 Å². The van der Waals surface area contributed by atoms with Crippen molar-refractivity contribution in [2.75, 3.05) is 0 Å². The lowest BCUT2D eigenvalue weighted by atomic mass is 10.2. The van der Waals surface area contributed by atoms with Crippen molar-refractivity contribution >= 4 is 37.7 Å². The molecule has 0 N–H and O–H groups in total. The second-order valence-corrected chi connectivity index (χ2v) is 3.82. The summed E-state index contributed by atoms with van der Waals surface area (Å²) in [4.78, 5) is 0.911. The third-order valence-electron chi connectivity index (χ3n) is 1.57. The first-order valence-electron chi connectivity index (χ1n) is 3.34. The van der Waals surface area contributed by atoms with Crippen LogP contribution in [0.25, 0.3) is 10.3 Å². The molecule has 0 aliphatic heterocycles. The molecule has 0 amide bonds. The lowest BCUT2D eigenvalue weighted by molar-refractivity contribution is 0.621. The molecule has 0 aliphatic carbocycles. The normalized spacial score (nSPS) is 11.1. The van der Waals surface area contributed by atoms with Crippen molar-refractivity contribution in [2.45, 2.75) is 13.3 Å². The summed E-state index contributed by atoms with van der Waals surface area (Å²) in [5, 5.41) is 1.14. The Labute approximate surface area is 76.5 Å². The second kappa shape index (κ2) is 2.60. The molecular weight excluding hydrogens is 226 g/mol. The summed E-state index contributed by atoms with van der Waals surface area (Å²) in [6.07, 6.45) is 2.67.